The van der Waals surface area contributed by atoms with Gasteiger partial charge in [0.15, 0.2) is 0 Å². The molecule has 1 aromatic heterocycles. The number of phenols is 1. The van der Waals surface area contributed by atoms with Gasteiger partial charge in [-0.25, -0.2) is 4.79 Å². The number of carbonyl (C=O) groups is 1. The molecule has 5 N–H and O–H groups in total. The van der Waals surface area contributed by atoms with Crippen LogP contribution in [0.1, 0.15) is 16.1 Å². The zero-order valence-corrected chi connectivity index (χ0v) is 11.6. The monoisotopic (exact) mass is 302 g/mol. The summed E-state index contributed by atoms with van der Waals surface area (Å²) >= 11 is 0. The number of nitrogens with zero attached hydrogens (tertiary/aromatic N) is 2. The van der Waals surface area contributed by atoms with E-state index in [0.29, 0.717) is 17.1 Å². The van der Waals surface area contributed by atoms with Crippen molar-refractivity contribution < 1.29 is 19.4 Å². The first-order valence-corrected chi connectivity index (χ1v) is 6.22. The van der Waals surface area contributed by atoms with Crippen LogP contribution < -0.4 is 11.1 Å². The highest BCUT2D eigenvalue weighted by atomic mass is 16.4. The van der Waals surface area contributed by atoms with Gasteiger partial charge in [-0.05, 0) is 30.3 Å². The molecule has 0 aliphatic rings. The topological polar surface area (TPSA) is 133 Å². The highest BCUT2D eigenvalue weighted by molar-refractivity contribution is 5.92. The van der Waals surface area contributed by atoms with Gasteiger partial charge in [-0.15, -0.1) is 5.10 Å². The molecule has 8 heteroatoms. The number of guanidine groups is 1. The minimum Gasteiger partial charge on any atom is -0.507 e. The molecule has 8 nitrogen and oxygen atoms in total. The van der Waals surface area contributed by atoms with E-state index in [1.807, 2.05) is 0 Å². The van der Waals surface area contributed by atoms with E-state index in [-0.39, 0.29) is 17.3 Å². The average Bonchev–Trinajstić information content (AvgIpc) is 2.96. The van der Waals surface area contributed by atoms with E-state index in [4.69, 9.17) is 15.3 Å². The van der Waals surface area contributed by atoms with E-state index in [9.17, 15) is 9.90 Å². The van der Waals surface area contributed by atoms with Gasteiger partial charge in [0.1, 0.15) is 22.8 Å². The van der Waals surface area contributed by atoms with Crippen molar-refractivity contribution in [3.63, 3.8) is 0 Å². The van der Waals surface area contributed by atoms with Crippen LogP contribution in [0, 0.1) is 0 Å². The molecule has 0 spiro atoms. The first-order valence-electron chi connectivity index (χ1n) is 6.22. The SMILES string of the molecule is CN/C(N)=N/N=C/c1ccc(-c2ccc(O)c(C(=O)O)c2)o1. The third-order valence-corrected chi connectivity index (χ3v) is 2.74. The van der Waals surface area contributed by atoms with Crippen molar-refractivity contribution in [2.24, 2.45) is 15.9 Å². The summed E-state index contributed by atoms with van der Waals surface area (Å²) in [5.74, 6) is -0.499. The van der Waals surface area contributed by atoms with Crippen LogP contribution in [0.5, 0.6) is 5.75 Å². The van der Waals surface area contributed by atoms with Gasteiger partial charge >= 0.3 is 5.97 Å². The lowest BCUT2D eigenvalue weighted by Gasteiger charge is -2.02. The maximum atomic E-state index is 11.0. The average molecular weight is 302 g/mol. The van der Waals surface area contributed by atoms with Crippen molar-refractivity contribution in [3.05, 3.63) is 41.7 Å². The number of aromatic carboxylic acids is 1. The fourth-order valence-electron chi connectivity index (χ4n) is 1.64. The molecule has 0 unspecified atom stereocenters. The molecule has 0 saturated carbocycles. The van der Waals surface area contributed by atoms with Crippen LogP contribution in [0.4, 0.5) is 0 Å². The summed E-state index contributed by atoms with van der Waals surface area (Å²) < 4.78 is 5.51. The molecular formula is C14H14N4O4. The van der Waals surface area contributed by atoms with Gasteiger partial charge in [0.2, 0.25) is 5.96 Å². The number of hydrogen-bond acceptors (Lipinski definition) is 5. The van der Waals surface area contributed by atoms with Gasteiger partial charge in [-0.1, -0.05) is 0 Å². The molecule has 1 aromatic carbocycles. The van der Waals surface area contributed by atoms with Crippen molar-refractivity contribution in [3.8, 4) is 17.1 Å². The molecule has 0 aliphatic carbocycles. The van der Waals surface area contributed by atoms with E-state index in [1.165, 1.54) is 18.3 Å². The fraction of sp³-hybridized carbons (Fsp3) is 0.0714. The Balaban J connectivity index is 2.25. The minimum absolute atomic E-state index is 0.160. The fourth-order valence-corrected chi connectivity index (χ4v) is 1.64. The maximum Gasteiger partial charge on any atom is 0.339 e. The molecular weight excluding hydrogens is 288 g/mol. The highest BCUT2D eigenvalue weighted by Crippen LogP contribution is 2.27. The van der Waals surface area contributed by atoms with Gasteiger partial charge in [-0.3, -0.25) is 0 Å². The standard InChI is InChI=1S/C14H14N4O4/c1-16-14(15)18-17-7-9-3-5-12(22-9)8-2-4-11(19)10(6-8)13(20)21/h2-7,19H,1H3,(H,20,21)(H3,15,16,18)/b17-7+. The molecule has 0 radical (unpaired) electrons. The Bertz CT molecular complexity index is 749. The lowest BCUT2D eigenvalue weighted by Crippen LogP contribution is -2.27. The lowest BCUT2D eigenvalue weighted by molar-refractivity contribution is 0.0694. The molecule has 0 saturated heterocycles. The molecule has 0 amide bonds. The Labute approximate surface area is 125 Å². The van der Waals surface area contributed by atoms with Gasteiger partial charge in [0, 0.05) is 12.6 Å². The summed E-state index contributed by atoms with van der Waals surface area (Å²) in [6.45, 7) is 0. The Kier molecular flexibility index (Phi) is 4.42. The molecule has 1 heterocycles. The third-order valence-electron chi connectivity index (χ3n) is 2.74. The predicted octanol–water partition coefficient (Wildman–Crippen LogP) is 1.22. The minimum atomic E-state index is -1.22. The molecule has 114 valence electrons. The molecule has 0 atom stereocenters. The molecule has 2 rings (SSSR count). The van der Waals surface area contributed by atoms with Crippen LogP contribution in [-0.2, 0) is 0 Å². The van der Waals surface area contributed by atoms with Crippen molar-refractivity contribution in [2.75, 3.05) is 7.05 Å². The van der Waals surface area contributed by atoms with Crippen molar-refractivity contribution in [2.45, 2.75) is 0 Å². The summed E-state index contributed by atoms with van der Waals surface area (Å²) in [6, 6.07) is 7.49. The van der Waals surface area contributed by atoms with E-state index < -0.39 is 5.97 Å². The third kappa shape index (κ3) is 3.42. The second kappa shape index (κ2) is 6.44. The summed E-state index contributed by atoms with van der Waals surface area (Å²) in [6.07, 6.45) is 1.37. The normalized spacial score (nSPS) is 11.8. The van der Waals surface area contributed by atoms with Crippen molar-refractivity contribution in [1.29, 1.82) is 0 Å². The van der Waals surface area contributed by atoms with Gasteiger partial charge in [-0.2, -0.15) is 5.10 Å². The summed E-state index contributed by atoms with van der Waals surface area (Å²) in [7, 11) is 1.62. The van der Waals surface area contributed by atoms with Gasteiger partial charge < -0.3 is 25.7 Å². The van der Waals surface area contributed by atoms with E-state index in [2.05, 4.69) is 15.5 Å². The first-order chi connectivity index (χ1) is 10.5. The number of benzene rings is 1. The molecule has 0 fully saturated rings. The van der Waals surface area contributed by atoms with Crippen LogP contribution in [0.15, 0.2) is 45.0 Å². The van der Waals surface area contributed by atoms with E-state index >= 15 is 0 Å². The number of furan rings is 1. The van der Waals surface area contributed by atoms with E-state index in [1.54, 1.807) is 25.2 Å². The number of carboxylic acid groups (broad SMARTS) is 1. The number of carboxylic acids is 1. The first kappa shape index (κ1) is 15.1. The zero-order valence-electron chi connectivity index (χ0n) is 11.6. The Morgan fingerprint density at radius 1 is 1.36 bits per heavy atom. The zero-order chi connectivity index (χ0) is 16.1. The summed E-state index contributed by atoms with van der Waals surface area (Å²) in [5.41, 5.74) is 5.73. The van der Waals surface area contributed by atoms with Crippen molar-refractivity contribution >= 4 is 18.1 Å². The molecule has 22 heavy (non-hydrogen) atoms. The number of aromatic hydroxyl groups is 1. The second-order valence-electron chi connectivity index (χ2n) is 4.22. The maximum absolute atomic E-state index is 11.0. The second-order valence-corrected chi connectivity index (χ2v) is 4.22. The van der Waals surface area contributed by atoms with Crippen LogP contribution in [0.25, 0.3) is 11.3 Å². The van der Waals surface area contributed by atoms with Crippen LogP contribution in [0.2, 0.25) is 0 Å². The quantitative estimate of drug-likeness (QED) is 0.381. The van der Waals surface area contributed by atoms with Crippen LogP contribution in [-0.4, -0.2) is 35.4 Å². The summed E-state index contributed by atoms with van der Waals surface area (Å²) in [5, 5.41) is 28.5. The predicted molar refractivity (Wildman–Crippen MR) is 81.0 cm³/mol. The van der Waals surface area contributed by atoms with Crippen LogP contribution >= 0.6 is 0 Å². The summed E-state index contributed by atoms with van der Waals surface area (Å²) in [4.78, 5) is 11.0. The molecule has 0 aliphatic heterocycles. The Morgan fingerprint density at radius 2 is 2.14 bits per heavy atom. The van der Waals surface area contributed by atoms with Gasteiger partial charge in [0.25, 0.3) is 0 Å². The smallest absolute Gasteiger partial charge is 0.339 e. The number of hydrogen-bond donors (Lipinski definition) is 4. The Morgan fingerprint density at radius 3 is 2.82 bits per heavy atom. The van der Waals surface area contributed by atoms with E-state index in [0.717, 1.165) is 0 Å². The Hall–Kier alpha value is -3.29. The van der Waals surface area contributed by atoms with Crippen LogP contribution in [0.3, 0.4) is 0 Å². The molecule has 0 bridgehead atoms. The number of nitrogens with two attached hydrogens (primary N) is 1. The number of rotatable bonds is 4. The molecule has 2 aromatic rings. The highest BCUT2D eigenvalue weighted by Gasteiger charge is 2.12. The number of nitrogens with one attached hydrogen (secondary N) is 1. The van der Waals surface area contributed by atoms with Gasteiger partial charge in [0.05, 0.1) is 6.21 Å². The largest absolute Gasteiger partial charge is 0.507 e. The lowest BCUT2D eigenvalue weighted by atomic mass is 10.1. The van der Waals surface area contributed by atoms with Crippen molar-refractivity contribution in [1.82, 2.24) is 5.32 Å².